The van der Waals surface area contributed by atoms with Crippen molar-refractivity contribution >= 4 is 17.7 Å². The molecule has 12 heteroatoms. The summed E-state index contributed by atoms with van der Waals surface area (Å²) in [7, 11) is 0. The fourth-order valence-electron chi connectivity index (χ4n) is 10.7. The zero-order valence-corrected chi connectivity index (χ0v) is 40.6. The van der Waals surface area contributed by atoms with E-state index in [2.05, 4.69) is 24.9 Å². The van der Waals surface area contributed by atoms with Crippen LogP contribution in [0, 0.1) is 23.6 Å². The van der Waals surface area contributed by atoms with Crippen LogP contribution in [0.1, 0.15) is 146 Å². The van der Waals surface area contributed by atoms with E-state index in [1.54, 1.807) is 24.3 Å². The number of nitrogens with zero attached hydrogens (tertiary/aromatic N) is 2. The molecule has 0 spiro atoms. The minimum absolute atomic E-state index is 0.0131. The van der Waals surface area contributed by atoms with Crippen molar-refractivity contribution in [3.05, 3.63) is 120 Å². The highest BCUT2D eigenvalue weighted by molar-refractivity contribution is 6.03. The van der Waals surface area contributed by atoms with Crippen LogP contribution < -0.4 is 14.8 Å². The van der Waals surface area contributed by atoms with Crippen LogP contribution in [0.2, 0.25) is 0 Å². The Bertz CT molecular complexity index is 2100. The topological polar surface area (TPSA) is 139 Å². The number of rotatable bonds is 29. The summed E-state index contributed by atoms with van der Waals surface area (Å²) in [6.45, 7) is 9.26. The molecule has 6 atom stereocenters. The zero-order chi connectivity index (χ0) is 48.1. The number of halogens is 1. The Morgan fingerprint density at radius 3 is 2.28 bits per heavy atom. The first-order valence-corrected chi connectivity index (χ1v) is 25.5. The van der Waals surface area contributed by atoms with E-state index in [4.69, 9.17) is 24.2 Å². The molecule has 3 aromatic carbocycles. The molecule has 3 aromatic rings. The molecule has 1 fully saturated rings. The number of carbonyl (C=O) groups excluding carboxylic acids is 2. The fraction of sp³-hybridized carbons (Fsp3) is 0.554. The van der Waals surface area contributed by atoms with Gasteiger partial charge in [0.05, 0.1) is 18.2 Å². The second-order valence-electron chi connectivity index (χ2n) is 18.6. The lowest BCUT2D eigenvalue weighted by molar-refractivity contribution is -0.258. The number of oxime groups is 1. The van der Waals surface area contributed by atoms with Gasteiger partial charge in [0.15, 0.2) is 0 Å². The van der Waals surface area contributed by atoms with Gasteiger partial charge in [0.2, 0.25) is 11.7 Å². The molecular weight excluding hydrogens is 862 g/mol. The molecule has 370 valence electrons. The molecule has 3 N–H and O–H groups in total. The number of aliphatic hydroxyl groups is 2. The third-order valence-electron chi connectivity index (χ3n) is 13.9. The number of unbranched alkanes of at least 4 members (excludes halogenated alkanes) is 10. The monoisotopic (exact) mass is 938 g/mol. The number of hydrogen-bond acceptors (Lipinski definition) is 9. The van der Waals surface area contributed by atoms with Gasteiger partial charge in [0, 0.05) is 50.6 Å². The van der Waals surface area contributed by atoms with E-state index in [-0.39, 0.29) is 62.3 Å². The molecule has 68 heavy (non-hydrogen) atoms. The molecule has 2 amide bonds. The Balaban J connectivity index is 1.46. The predicted molar refractivity (Wildman–Crippen MR) is 265 cm³/mol. The number of amides is 2. The first kappa shape index (κ1) is 52.3. The van der Waals surface area contributed by atoms with Gasteiger partial charge in [0.1, 0.15) is 30.0 Å². The van der Waals surface area contributed by atoms with E-state index in [9.17, 15) is 19.4 Å². The van der Waals surface area contributed by atoms with Crippen LogP contribution >= 0.6 is 0 Å². The van der Waals surface area contributed by atoms with Crippen molar-refractivity contribution in [2.75, 3.05) is 26.4 Å². The molecule has 1 heterocycles. The van der Waals surface area contributed by atoms with E-state index in [1.165, 1.54) is 44.2 Å². The van der Waals surface area contributed by atoms with Crippen molar-refractivity contribution in [1.29, 1.82) is 0 Å². The SMILES string of the molecule is C=CCOC12Oc3ccc(OC(=O)NCc4ccccc4)cc3C3C(CCCCO)C(CCCCO)C=C(C(=NOCC)CC1N(Cc1ccc(F)cc1)C(=O)CCCCCCCCCCC)C32. The summed E-state index contributed by atoms with van der Waals surface area (Å²) in [5, 5.41) is 27.7. The van der Waals surface area contributed by atoms with E-state index in [0.717, 1.165) is 73.6 Å². The number of nitrogens with one attached hydrogen (secondary N) is 1. The average Bonchev–Trinajstić information content (AvgIpc) is 3.35. The highest BCUT2D eigenvalue weighted by Gasteiger charge is 2.65. The Hall–Kier alpha value is -5.04. The van der Waals surface area contributed by atoms with Crippen LogP contribution in [0.5, 0.6) is 11.5 Å². The van der Waals surface area contributed by atoms with Crippen molar-refractivity contribution in [3.8, 4) is 11.5 Å². The third kappa shape index (κ3) is 13.8. The van der Waals surface area contributed by atoms with Gasteiger partial charge >= 0.3 is 6.09 Å². The van der Waals surface area contributed by atoms with E-state index in [0.29, 0.717) is 49.6 Å². The highest BCUT2D eigenvalue weighted by atomic mass is 19.1. The fourth-order valence-corrected chi connectivity index (χ4v) is 10.7. The van der Waals surface area contributed by atoms with Gasteiger partial charge in [-0.2, -0.15) is 0 Å². The van der Waals surface area contributed by atoms with Crippen LogP contribution in [0.3, 0.4) is 0 Å². The van der Waals surface area contributed by atoms with Gasteiger partial charge in [-0.25, -0.2) is 9.18 Å². The van der Waals surface area contributed by atoms with Gasteiger partial charge in [-0.15, -0.1) is 6.58 Å². The van der Waals surface area contributed by atoms with Gasteiger partial charge in [0.25, 0.3) is 0 Å². The normalized spacial score (nSPS) is 22.0. The molecule has 3 aliphatic rings. The summed E-state index contributed by atoms with van der Waals surface area (Å²) in [5.74, 6) is -1.78. The van der Waals surface area contributed by atoms with Crippen molar-refractivity contribution in [1.82, 2.24) is 10.2 Å². The molecule has 6 rings (SSSR count). The van der Waals surface area contributed by atoms with Crippen molar-refractivity contribution in [2.24, 2.45) is 22.9 Å². The number of ether oxygens (including phenoxy) is 3. The summed E-state index contributed by atoms with van der Waals surface area (Å²) in [5.41, 5.74) is 4.17. The first-order valence-electron chi connectivity index (χ1n) is 25.5. The second-order valence-corrected chi connectivity index (χ2v) is 18.6. The maximum Gasteiger partial charge on any atom is 0.412 e. The smallest absolute Gasteiger partial charge is 0.412 e. The maximum absolute atomic E-state index is 15.1. The summed E-state index contributed by atoms with van der Waals surface area (Å²) >= 11 is 0. The number of fused-ring (bicyclic) bond motifs is 2. The Morgan fingerprint density at radius 1 is 0.882 bits per heavy atom. The lowest BCUT2D eigenvalue weighted by Crippen LogP contribution is -2.70. The zero-order valence-electron chi connectivity index (χ0n) is 40.6. The number of benzene rings is 3. The Labute approximate surface area is 404 Å². The average molecular weight is 938 g/mol. The first-order chi connectivity index (χ1) is 33.3. The number of aliphatic hydroxyl groups excluding tert-OH is 2. The molecule has 1 saturated carbocycles. The van der Waals surface area contributed by atoms with E-state index in [1.807, 2.05) is 54.3 Å². The number of carbonyl (C=O) groups is 2. The van der Waals surface area contributed by atoms with Crippen LogP contribution in [0.4, 0.5) is 9.18 Å². The highest BCUT2D eigenvalue weighted by Crippen LogP contribution is 2.62. The molecule has 11 nitrogen and oxygen atoms in total. The third-order valence-corrected chi connectivity index (χ3v) is 13.9. The maximum atomic E-state index is 15.1. The molecule has 1 aliphatic heterocycles. The number of hydrogen-bond donors (Lipinski definition) is 3. The summed E-state index contributed by atoms with van der Waals surface area (Å²) in [6.07, 6.45) is 18.4. The van der Waals surface area contributed by atoms with Crippen molar-refractivity contribution < 1.29 is 43.2 Å². The number of allylic oxidation sites excluding steroid dienone is 1. The second kappa shape index (κ2) is 27.2. The molecule has 0 saturated heterocycles. The summed E-state index contributed by atoms with van der Waals surface area (Å²) in [6, 6.07) is 20.7. The minimum Gasteiger partial charge on any atom is -0.459 e. The lowest BCUT2D eigenvalue weighted by Gasteiger charge is -2.60. The van der Waals surface area contributed by atoms with Crippen LogP contribution in [-0.4, -0.2) is 71.1 Å². The summed E-state index contributed by atoms with van der Waals surface area (Å²) < 4.78 is 34.9. The van der Waals surface area contributed by atoms with Crippen LogP contribution in [-0.2, 0) is 27.5 Å². The predicted octanol–water partition coefficient (Wildman–Crippen LogP) is 11.7. The lowest BCUT2D eigenvalue weighted by atomic mass is 9.55. The van der Waals surface area contributed by atoms with E-state index < -0.39 is 23.8 Å². The van der Waals surface area contributed by atoms with Gasteiger partial charge < -0.3 is 39.5 Å². The quantitative estimate of drug-likeness (QED) is 0.0355. The molecule has 6 unspecified atom stereocenters. The van der Waals surface area contributed by atoms with Gasteiger partial charge in [-0.3, -0.25) is 4.79 Å². The largest absolute Gasteiger partial charge is 0.459 e. The van der Waals surface area contributed by atoms with Gasteiger partial charge in [-0.05, 0) is 97.9 Å². The minimum atomic E-state index is -1.46. The Morgan fingerprint density at radius 2 is 1.59 bits per heavy atom. The standard InChI is InChI=1S/C56H76FN3O8/c1-4-7-8-9-10-11-12-13-17-26-52(63)60(40-42-27-29-44(57)30-28-42)51-38-49(59-66-6-3)47-36-43(24-18-20-33-61)46(25-19-21-34-62)53-48-37-45(67-55(64)58-39-41-22-15-14-16-23-41)31-32-50(48)68-56(51,54(47)53)65-35-5-2/h5,14-16,22-23,27-32,36-37,43,46,51,53-54,61-62H,2,4,6-13,17-21,24-26,33-35,38-40H2,1,3H3,(H,58,64). The van der Waals surface area contributed by atoms with Crippen LogP contribution in [0.15, 0.2) is 102 Å². The molecule has 0 radical (unpaired) electrons. The molecule has 0 bridgehead atoms. The molecular formula is C56H76FN3O8. The molecule has 2 aliphatic carbocycles. The molecule has 0 aromatic heterocycles. The Kier molecular flexibility index (Phi) is 21.0. The van der Waals surface area contributed by atoms with Crippen molar-refractivity contribution in [2.45, 2.75) is 154 Å². The van der Waals surface area contributed by atoms with Crippen LogP contribution in [0.25, 0.3) is 0 Å². The summed E-state index contributed by atoms with van der Waals surface area (Å²) in [4.78, 5) is 36.2. The van der Waals surface area contributed by atoms with Crippen molar-refractivity contribution in [3.63, 3.8) is 0 Å². The van der Waals surface area contributed by atoms with Gasteiger partial charge in [-0.1, -0.05) is 131 Å². The van der Waals surface area contributed by atoms with E-state index >= 15 is 4.79 Å².